The van der Waals surface area contributed by atoms with E-state index in [4.69, 9.17) is 5.73 Å². The molecule has 1 fully saturated rings. The van der Waals surface area contributed by atoms with Crippen LogP contribution in [0.1, 0.15) is 30.4 Å². The van der Waals surface area contributed by atoms with Crippen LogP contribution in [0.5, 0.6) is 0 Å². The van der Waals surface area contributed by atoms with Gasteiger partial charge in [0.05, 0.1) is 0 Å². The Bertz CT molecular complexity index is 616. The molecule has 0 aliphatic carbocycles. The van der Waals surface area contributed by atoms with Crippen molar-refractivity contribution in [3.63, 3.8) is 0 Å². The molecule has 2 heterocycles. The van der Waals surface area contributed by atoms with Gasteiger partial charge in [0.1, 0.15) is 0 Å². The largest absolute Gasteiger partial charge is 0.330 e. The van der Waals surface area contributed by atoms with Crippen molar-refractivity contribution < 1.29 is 8.42 Å². The van der Waals surface area contributed by atoms with Crippen LogP contribution in [0, 0.1) is 5.92 Å². The molecule has 6 heteroatoms. The summed E-state index contributed by atoms with van der Waals surface area (Å²) in [6, 6.07) is 8.13. The van der Waals surface area contributed by atoms with E-state index in [0.29, 0.717) is 38.6 Å². The van der Waals surface area contributed by atoms with Gasteiger partial charge in [0, 0.05) is 26.2 Å². The maximum absolute atomic E-state index is 12.9. The first-order chi connectivity index (χ1) is 10.6. The van der Waals surface area contributed by atoms with E-state index in [1.807, 2.05) is 18.2 Å². The Morgan fingerprint density at radius 3 is 2.68 bits per heavy atom. The van der Waals surface area contributed by atoms with Gasteiger partial charge in [-0.05, 0) is 49.3 Å². The Balaban J connectivity index is 1.73. The normalized spacial score (nSPS) is 24.1. The van der Waals surface area contributed by atoms with E-state index in [1.165, 1.54) is 5.56 Å². The molecule has 5 nitrogen and oxygen atoms in total. The van der Waals surface area contributed by atoms with Gasteiger partial charge in [-0.3, -0.25) is 0 Å². The van der Waals surface area contributed by atoms with Crippen LogP contribution in [-0.4, -0.2) is 43.2 Å². The first kappa shape index (κ1) is 15.9. The smallest absolute Gasteiger partial charge is 0.282 e. The molecule has 0 saturated carbocycles. The second kappa shape index (κ2) is 6.66. The summed E-state index contributed by atoms with van der Waals surface area (Å²) in [5.74, 6) is 0.408. The molecule has 2 N–H and O–H groups in total. The molecule has 1 aromatic rings. The summed E-state index contributed by atoms with van der Waals surface area (Å²) in [5.41, 5.74) is 8.04. The highest BCUT2D eigenvalue weighted by Crippen LogP contribution is 2.26. The third kappa shape index (κ3) is 3.20. The average Bonchev–Trinajstić information content (AvgIpc) is 2.55. The second-order valence-corrected chi connectivity index (χ2v) is 8.23. The Kier molecular flexibility index (Phi) is 4.82. The Morgan fingerprint density at radius 2 is 1.91 bits per heavy atom. The highest BCUT2D eigenvalue weighted by molar-refractivity contribution is 7.86. The van der Waals surface area contributed by atoms with Crippen molar-refractivity contribution in [3.8, 4) is 0 Å². The molecule has 0 bridgehead atoms. The molecule has 22 heavy (non-hydrogen) atoms. The van der Waals surface area contributed by atoms with Crippen molar-refractivity contribution in [3.05, 3.63) is 35.4 Å². The van der Waals surface area contributed by atoms with Crippen LogP contribution in [-0.2, 0) is 23.2 Å². The third-order valence-electron chi connectivity index (χ3n) is 4.80. The standard InChI is InChI=1S/C16H25N3O2S/c17-9-7-14-4-3-10-18(12-14)22(20,21)19-11-8-15-5-1-2-6-16(15)13-19/h1-2,5-6,14H,3-4,7-13,17H2. The van der Waals surface area contributed by atoms with Crippen molar-refractivity contribution in [2.24, 2.45) is 11.7 Å². The molecule has 1 saturated heterocycles. The molecule has 0 spiro atoms. The minimum absolute atomic E-state index is 0.408. The van der Waals surface area contributed by atoms with Gasteiger partial charge in [0.2, 0.25) is 0 Å². The van der Waals surface area contributed by atoms with Gasteiger partial charge in [-0.25, -0.2) is 0 Å². The fourth-order valence-electron chi connectivity index (χ4n) is 3.54. The minimum Gasteiger partial charge on any atom is -0.330 e. The molecular weight excluding hydrogens is 298 g/mol. The van der Waals surface area contributed by atoms with Crippen molar-refractivity contribution in [2.75, 3.05) is 26.2 Å². The van der Waals surface area contributed by atoms with Gasteiger partial charge in [-0.15, -0.1) is 0 Å². The lowest BCUT2D eigenvalue weighted by Crippen LogP contribution is -2.49. The second-order valence-electron chi connectivity index (χ2n) is 6.30. The summed E-state index contributed by atoms with van der Waals surface area (Å²) < 4.78 is 29.2. The molecule has 0 radical (unpaired) electrons. The molecule has 2 aliphatic heterocycles. The molecule has 0 amide bonds. The quantitative estimate of drug-likeness (QED) is 0.909. The summed E-state index contributed by atoms with van der Waals surface area (Å²) in [7, 11) is -3.35. The molecular formula is C16H25N3O2S. The molecule has 3 rings (SSSR count). The average molecular weight is 323 g/mol. The fourth-order valence-corrected chi connectivity index (χ4v) is 5.25. The molecule has 1 atom stereocenters. The minimum atomic E-state index is -3.35. The summed E-state index contributed by atoms with van der Waals surface area (Å²) in [5, 5.41) is 0. The van der Waals surface area contributed by atoms with Gasteiger partial charge in [0.25, 0.3) is 10.2 Å². The molecule has 0 aromatic heterocycles. The zero-order valence-electron chi connectivity index (χ0n) is 12.9. The predicted molar refractivity (Wildman–Crippen MR) is 87.4 cm³/mol. The van der Waals surface area contributed by atoms with Gasteiger partial charge in [-0.2, -0.15) is 17.0 Å². The van der Waals surface area contributed by atoms with Crippen LogP contribution in [0.2, 0.25) is 0 Å². The zero-order chi connectivity index (χ0) is 15.6. The van der Waals surface area contributed by atoms with E-state index in [-0.39, 0.29) is 0 Å². The Hall–Kier alpha value is -0.950. The lowest BCUT2D eigenvalue weighted by atomic mass is 9.96. The van der Waals surface area contributed by atoms with E-state index in [2.05, 4.69) is 6.07 Å². The van der Waals surface area contributed by atoms with Gasteiger partial charge in [0.15, 0.2) is 0 Å². The van der Waals surface area contributed by atoms with Gasteiger partial charge >= 0.3 is 0 Å². The number of rotatable bonds is 4. The summed E-state index contributed by atoms with van der Waals surface area (Å²) in [6.45, 7) is 2.98. The van der Waals surface area contributed by atoms with E-state index in [0.717, 1.165) is 31.2 Å². The van der Waals surface area contributed by atoms with Crippen LogP contribution in [0.15, 0.2) is 24.3 Å². The number of fused-ring (bicyclic) bond motifs is 1. The van der Waals surface area contributed by atoms with E-state index in [1.54, 1.807) is 8.61 Å². The van der Waals surface area contributed by atoms with Crippen molar-refractivity contribution in [1.82, 2.24) is 8.61 Å². The van der Waals surface area contributed by atoms with Crippen molar-refractivity contribution in [1.29, 1.82) is 0 Å². The number of nitrogens with two attached hydrogens (primary N) is 1. The van der Waals surface area contributed by atoms with E-state index >= 15 is 0 Å². The van der Waals surface area contributed by atoms with Gasteiger partial charge in [-0.1, -0.05) is 24.3 Å². The summed E-state index contributed by atoms with van der Waals surface area (Å²) >= 11 is 0. The van der Waals surface area contributed by atoms with E-state index < -0.39 is 10.2 Å². The maximum Gasteiger partial charge on any atom is 0.282 e. The van der Waals surface area contributed by atoms with Crippen LogP contribution >= 0.6 is 0 Å². The number of benzene rings is 1. The number of nitrogens with zero attached hydrogens (tertiary/aromatic N) is 2. The van der Waals surface area contributed by atoms with E-state index in [9.17, 15) is 8.42 Å². The highest BCUT2D eigenvalue weighted by Gasteiger charge is 2.34. The zero-order valence-corrected chi connectivity index (χ0v) is 13.8. The number of piperidine rings is 1. The SMILES string of the molecule is NCCC1CCCN(S(=O)(=O)N2CCc3ccccc3C2)C1. The Labute approximate surface area is 133 Å². The molecule has 122 valence electrons. The van der Waals surface area contributed by atoms with Crippen LogP contribution in [0.25, 0.3) is 0 Å². The third-order valence-corrected chi connectivity index (χ3v) is 6.75. The lowest BCUT2D eigenvalue weighted by Gasteiger charge is -2.37. The van der Waals surface area contributed by atoms with Crippen molar-refractivity contribution in [2.45, 2.75) is 32.2 Å². The first-order valence-electron chi connectivity index (χ1n) is 8.13. The van der Waals surface area contributed by atoms with Gasteiger partial charge < -0.3 is 5.73 Å². The van der Waals surface area contributed by atoms with Crippen LogP contribution in [0.4, 0.5) is 0 Å². The summed E-state index contributed by atoms with van der Waals surface area (Å²) in [4.78, 5) is 0. The molecule has 2 aliphatic rings. The van der Waals surface area contributed by atoms with Crippen LogP contribution < -0.4 is 5.73 Å². The number of hydrogen-bond donors (Lipinski definition) is 1. The monoisotopic (exact) mass is 323 g/mol. The molecule has 1 unspecified atom stereocenters. The fraction of sp³-hybridized carbons (Fsp3) is 0.625. The highest BCUT2D eigenvalue weighted by atomic mass is 32.2. The topological polar surface area (TPSA) is 66.6 Å². The molecule has 1 aromatic carbocycles. The summed E-state index contributed by atoms with van der Waals surface area (Å²) in [6.07, 6.45) is 3.74. The number of hydrogen-bond acceptors (Lipinski definition) is 3. The Morgan fingerprint density at radius 1 is 1.14 bits per heavy atom. The first-order valence-corrected chi connectivity index (χ1v) is 9.53. The predicted octanol–water partition coefficient (Wildman–Crippen LogP) is 1.35. The van der Waals surface area contributed by atoms with Crippen molar-refractivity contribution >= 4 is 10.2 Å². The van der Waals surface area contributed by atoms with Crippen LogP contribution in [0.3, 0.4) is 0 Å². The lowest BCUT2D eigenvalue weighted by molar-refractivity contribution is 0.237. The maximum atomic E-state index is 12.9.